The van der Waals surface area contributed by atoms with E-state index in [1.54, 1.807) is 37.3 Å². The van der Waals surface area contributed by atoms with Gasteiger partial charge in [-0.1, -0.05) is 12.1 Å². The minimum Gasteiger partial charge on any atom is -0.480 e. The van der Waals surface area contributed by atoms with Gasteiger partial charge in [0.2, 0.25) is 0 Å². The Morgan fingerprint density at radius 1 is 1.23 bits per heavy atom. The zero-order valence-corrected chi connectivity index (χ0v) is 16.5. The van der Waals surface area contributed by atoms with Gasteiger partial charge in [0.15, 0.2) is 0 Å². The fraction of sp³-hybridized carbons (Fsp3) is 0.130. The van der Waals surface area contributed by atoms with Crippen molar-refractivity contribution in [3.05, 3.63) is 77.3 Å². The van der Waals surface area contributed by atoms with E-state index in [-0.39, 0.29) is 12.0 Å². The van der Waals surface area contributed by atoms with E-state index >= 15 is 0 Å². The molecule has 2 heterocycles. The number of nitrogens with zero attached hydrogens (tertiary/aromatic N) is 2. The fourth-order valence-corrected chi connectivity index (χ4v) is 3.29. The number of para-hydroxylation sites is 2. The molecule has 0 aliphatic heterocycles. The summed E-state index contributed by atoms with van der Waals surface area (Å²) < 4.78 is 5.69. The molecule has 8 heteroatoms. The Balaban J connectivity index is 1.53. The van der Waals surface area contributed by atoms with Gasteiger partial charge >= 0.3 is 5.97 Å². The van der Waals surface area contributed by atoms with Crippen molar-refractivity contribution >= 4 is 22.9 Å². The highest BCUT2D eigenvalue weighted by molar-refractivity contribution is 5.98. The number of hydrogen-bond acceptors (Lipinski definition) is 5. The van der Waals surface area contributed by atoms with E-state index in [0.717, 1.165) is 11.0 Å². The van der Waals surface area contributed by atoms with Crippen LogP contribution in [0.4, 0.5) is 0 Å². The van der Waals surface area contributed by atoms with E-state index in [1.165, 1.54) is 0 Å². The van der Waals surface area contributed by atoms with Crippen molar-refractivity contribution in [2.75, 3.05) is 0 Å². The number of benzene rings is 2. The normalized spacial score (nSPS) is 11.7. The van der Waals surface area contributed by atoms with E-state index in [1.807, 2.05) is 30.3 Å². The molecule has 31 heavy (non-hydrogen) atoms. The quantitative estimate of drug-likeness (QED) is 0.443. The molecule has 1 amide bonds. The van der Waals surface area contributed by atoms with E-state index in [2.05, 4.69) is 15.3 Å². The van der Waals surface area contributed by atoms with Crippen molar-refractivity contribution in [2.45, 2.75) is 19.4 Å². The van der Waals surface area contributed by atoms with Crippen LogP contribution in [-0.4, -0.2) is 33.0 Å². The number of aryl methyl sites for hydroxylation is 1. The number of aromatic amines is 1. The summed E-state index contributed by atoms with van der Waals surface area (Å²) in [6.07, 6.45) is 0.00906. The van der Waals surface area contributed by atoms with Crippen LogP contribution in [0, 0.1) is 18.3 Å². The average molecular weight is 414 g/mol. The number of aromatic nitrogens is 2. The molecule has 0 saturated carbocycles. The summed E-state index contributed by atoms with van der Waals surface area (Å²) in [6.45, 7) is 1.64. The van der Waals surface area contributed by atoms with Crippen LogP contribution in [0.1, 0.15) is 27.5 Å². The zero-order chi connectivity index (χ0) is 22.0. The lowest BCUT2D eigenvalue weighted by molar-refractivity contribution is -0.139. The maximum atomic E-state index is 12.8. The van der Waals surface area contributed by atoms with E-state index < -0.39 is 17.9 Å². The smallest absolute Gasteiger partial charge is 0.326 e. The van der Waals surface area contributed by atoms with Crippen LogP contribution < -0.4 is 5.32 Å². The zero-order valence-electron chi connectivity index (χ0n) is 16.5. The first-order chi connectivity index (χ1) is 14.9. The summed E-state index contributed by atoms with van der Waals surface area (Å²) in [6, 6.07) is 16.6. The van der Waals surface area contributed by atoms with E-state index in [4.69, 9.17) is 9.68 Å². The van der Waals surface area contributed by atoms with Crippen molar-refractivity contribution in [1.29, 1.82) is 5.26 Å². The summed E-state index contributed by atoms with van der Waals surface area (Å²) in [5, 5.41) is 21.1. The van der Waals surface area contributed by atoms with Crippen molar-refractivity contribution in [1.82, 2.24) is 15.3 Å². The number of amides is 1. The molecule has 4 rings (SSSR count). The highest BCUT2D eigenvalue weighted by Gasteiger charge is 2.25. The molecule has 0 bridgehead atoms. The third-order valence-electron chi connectivity index (χ3n) is 4.90. The predicted molar refractivity (Wildman–Crippen MR) is 112 cm³/mol. The molecule has 0 fully saturated rings. The van der Waals surface area contributed by atoms with E-state index in [0.29, 0.717) is 28.5 Å². The van der Waals surface area contributed by atoms with Gasteiger partial charge in [-0.05, 0) is 49.4 Å². The molecular formula is C23H18N4O4. The number of hydrogen-bond donors (Lipinski definition) is 3. The van der Waals surface area contributed by atoms with Crippen LogP contribution in [0.25, 0.3) is 22.4 Å². The van der Waals surface area contributed by atoms with Crippen molar-refractivity contribution < 1.29 is 19.1 Å². The molecule has 0 saturated heterocycles. The molecule has 3 N–H and O–H groups in total. The maximum Gasteiger partial charge on any atom is 0.326 e. The SMILES string of the molecule is Cc1oc(-c2ccc(C#N)cc2)cc1C(=O)NC(Cc1nc2ccccc2[nH]1)C(=O)O. The Labute approximate surface area is 177 Å². The molecule has 0 spiro atoms. The van der Waals surface area contributed by atoms with Crippen LogP contribution in [0.2, 0.25) is 0 Å². The number of nitrogens with one attached hydrogen (secondary N) is 2. The Kier molecular flexibility index (Phi) is 5.24. The summed E-state index contributed by atoms with van der Waals surface area (Å²) in [5.74, 6) is -0.427. The molecular weight excluding hydrogens is 396 g/mol. The number of rotatable bonds is 6. The number of carboxylic acids is 1. The van der Waals surface area contributed by atoms with Gasteiger partial charge in [-0.15, -0.1) is 0 Å². The molecule has 4 aromatic rings. The Hall–Kier alpha value is -4.38. The standard InChI is InChI=1S/C23H18N4O4/c1-13-16(10-20(31-13)15-8-6-14(12-24)7-9-15)22(28)27-19(23(29)30)11-21-25-17-4-2-3-5-18(17)26-21/h2-10,19H,11H2,1H3,(H,25,26)(H,27,28)(H,29,30). The van der Waals surface area contributed by atoms with Gasteiger partial charge in [-0.2, -0.15) is 5.26 Å². The lowest BCUT2D eigenvalue weighted by Crippen LogP contribution is -2.42. The molecule has 0 aliphatic carbocycles. The van der Waals surface area contributed by atoms with Crippen molar-refractivity contribution in [2.24, 2.45) is 0 Å². The molecule has 1 unspecified atom stereocenters. The Morgan fingerprint density at radius 2 is 1.97 bits per heavy atom. The first-order valence-corrected chi connectivity index (χ1v) is 9.53. The van der Waals surface area contributed by atoms with Crippen LogP contribution in [-0.2, 0) is 11.2 Å². The number of aliphatic carboxylic acids is 1. The largest absolute Gasteiger partial charge is 0.480 e. The molecule has 8 nitrogen and oxygen atoms in total. The second-order valence-electron chi connectivity index (χ2n) is 7.04. The lowest BCUT2D eigenvalue weighted by atomic mass is 10.1. The predicted octanol–water partition coefficient (Wildman–Crippen LogP) is 3.43. The summed E-state index contributed by atoms with van der Waals surface area (Å²) >= 11 is 0. The first kappa shape index (κ1) is 19.9. The second-order valence-corrected chi connectivity index (χ2v) is 7.04. The van der Waals surface area contributed by atoms with Crippen molar-refractivity contribution in [3.63, 3.8) is 0 Å². The topological polar surface area (TPSA) is 132 Å². The molecule has 0 aliphatic rings. The maximum absolute atomic E-state index is 12.8. The summed E-state index contributed by atoms with van der Waals surface area (Å²) in [4.78, 5) is 32.0. The number of imidazole rings is 1. The monoisotopic (exact) mass is 414 g/mol. The number of carboxylic acid groups (broad SMARTS) is 1. The third-order valence-corrected chi connectivity index (χ3v) is 4.90. The summed E-state index contributed by atoms with van der Waals surface area (Å²) in [7, 11) is 0. The van der Waals surface area contributed by atoms with Gasteiger partial charge in [-0.3, -0.25) is 4.79 Å². The van der Waals surface area contributed by atoms with Crippen LogP contribution in [0.5, 0.6) is 0 Å². The van der Waals surface area contributed by atoms with Gasteiger partial charge in [-0.25, -0.2) is 9.78 Å². The number of H-pyrrole nitrogens is 1. The van der Waals surface area contributed by atoms with Gasteiger partial charge in [0, 0.05) is 12.0 Å². The summed E-state index contributed by atoms with van der Waals surface area (Å²) in [5.41, 5.74) is 2.99. The van der Waals surface area contributed by atoms with Crippen LogP contribution in [0.3, 0.4) is 0 Å². The number of carbonyl (C=O) groups excluding carboxylic acids is 1. The Bertz CT molecular complexity index is 1280. The first-order valence-electron chi connectivity index (χ1n) is 9.53. The molecule has 0 radical (unpaired) electrons. The highest BCUT2D eigenvalue weighted by atomic mass is 16.4. The van der Waals surface area contributed by atoms with E-state index in [9.17, 15) is 14.7 Å². The minimum atomic E-state index is -1.17. The van der Waals surface area contributed by atoms with Crippen LogP contribution >= 0.6 is 0 Å². The fourth-order valence-electron chi connectivity index (χ4n) is 3.29. The van der Waals surface area contributed by atoms with Crippen molar-refractivity contribution in [3.8, 4) is 17.4 Å². The third kappa shape index (κ3) is 4.16. The van der Waals surface area contributed by atoms with Gasteiger partial charge in [0.25, 0.3) is 5.91 Å². The molecule has 2 aromatic carbocycles. The number of nitriles is 1. The molecule has 154 valence electrons. The number of fused-ring (bicyclic) bond motifs is 1. The van der Waals surface area contributed by atoms with Gasteiger partial charge in [0.05, 0.1) is 28.2 Å². The molecule has 2 aromatic heterocycles. The number of carbonyl (C=O) groups is 2. The minimum absolute atomic E-state index is 0.00906. The van der Waals surface area contributed by atoms with Gasteiger partial charge in [0.1, 0.15) is 23.4 Å². The average Bonchev–Trinajstić information content (AvgIpc) is 3.36. The number of furan rings is 1. The lowest BCUT2D eigenvalue weighted by Gasteiger charge is -2.12. The van der Waals surface area contributed by atoms with Crippen LogP contribution in [0.15, 0.2) is 59.0 Å². The van der Waals surface area contributed by atoms with Gasteiger partial charge < -0.3 is 19.8 Å². The Morgan fingerprint density at radius 3 is 2.65 bits per heavy atom. The second kappa shape index (κ2) is 8.16. The molecule has 1 atom stereocenters. The highest BCUT2D eigenvalue weighted by Crippen LogP contribution is 2.26.